The normalized spacial score (nSPS) is 41.8. The summed E-state index contributed by atoms with van der Waals surface area (Å²) in [6, 6.07) is 0. The van der Waals surface area contributed by atoms with Crippen LogP contribution in [-0.4, -0.2) is 60.1 Å². The number of aliphatic hydroxyl groups is 3. The van der Waals surface area contributed by atoms with Gasteiger partial charge in [0.15, 0.2) is 0 Å². The summed E-state index contributed by atoms with van der Waals surface area (Å²) >= 11 is 0. The smallest absolute Gasteiger partial charge is 0.110 e. The van der Waals surface area contributed by atoms with E-state index in [1.165, 1.54) is 7.11 Å². The summed E-state index contributed by atoms with van der Waals surface area (Å²) in [6.45, 7) is 1.96. The Morgan fingerprint density at radius 2 is 1.87 bits per heavy atom. The van der Waals surface area contributed by atoms with E-state index in [0.29, 0.717) is 6.42 Å². The van der Waals surface area contributed by atoms with Crippen LogP contribution >= 0.6 is 0 Å². The third-order valence-electron chi connectivity index (χ3n) is 2.98. The maximum atomic E-state index is 9.84. The highest BCUT2D eigenvalue weighted by atomic mass is 16.6. The first-order valence-electron chi connectivity index (χ1n) is 5.27. The molecule has 0 aliphatic carbocycles. The summed E-state index contributed by atoms with van der Waals surface area (Å²) in [5, 5.41) is 28.7. The zero-order valence-corrected chi connectivity index (χ0v) is 9.17. The zero-order chi connectivity index (χ0) is 11.4. The van der Waals surface area contributed by atoms with Crippen LogP contribution in [-0.2, 0) is 9.47 Å². The average Bonchev–Trinajstić information content (AvgIpc) is 2.24. The third-order valence-corrected chi connectivity index (χ3v) is 2.98. The number of ether oxygens (including phenoxy) is 2. The molecule has 1 aliphatic rings. The molecule has 5 heteroatoms. The molecular formula is C10H20O5. The molecule has 0 aromatic rings. The van der Waals surface area contributed by atoms with Gasteiger partial charge in [-0.3, -0.25) is 0 Å². The molecule has 0 radical (unpaired) electrons. The van der Waals surface area contributed by atoms with Crippen molar-refractivity contribution < 1.29 is 24.8 Å². The van der Waals surface area contributed by atoms with Gasteiger partial charge in [-0.25, -0.2) is 0 Å². The van der Waals surface area contributed by atoms with Crippen molar-refractivity contribution in [1.82, 2.24) is 0 Å². The van der Waals surface area contributed by atoms with Crippen molar-refractivity contribution in [3.63, 3.8) is 0 Å². The molecule has 1 saturated heterocycles. The van der Waals surface area contributed by atoms with Crippen molar-refractivity contribution >= 4 is 0 Å². The van der Waals surface area contributed by atoms with Crippen LogP contribution in [0.2, 0.25) is 0 Å². The predicted molar refractivity (Wildman–Crippen MR) is 53.4 cm³/mol. The molecule has 0 aromatic heterocycles. The summed E-state index contributed by atoms with van der Waals surface area (Å²) in [6.07, 6.45) is -2.14. The molecule has 5 nitrogen and oxygen atoms in total. The lowest BCUT2D eigenvalue weighted by atomic mass is 9.85. The monoisotopic (exact) mass is 220 g/mol. The molecule has 1 aliphatic heterocycles. The van der Waals surface area contributed by atoms with Gasteiger partial charge >= 0.3 is 0 Å². The van der Waals surface area contributed by atoms with Crippen LogP contribution in [0.5, 0.6) is 0 Å². The van der Waals surface area contributed by atoms with Gasteiger partial charge in [0.2, 0.25) is 0 Å². The van der Waals surface area contributed by atoms with Crippen LogP contribution in [0.4, 0.5) is 0 Å². The lowest BCUT2D eigenvalue weighted by molar-refractivity contribution is -0.218. The number of hydrogen-bond acceptors (Lipinski definition) is 5. The van der Waals surface area contributed by atoms with E-state index < -0.39 is 24.4 Å². The quantitative estimate of drug-likeness (QED) is 0.574. The van der Waals surface area contributed by atoms with Gasteiger partial charge in [-0.05, 0) is 6.42 Å². The first-order chi connectivity index (χ1) is 7.15. The molecule has 2 unspecified atom stereocenters. The van der Waals surface area contributed by atoms with Gasteiger partial charge in [-0.15, -0.1) is 0 Å². The predicted octanol–water partition coefficient (Wildman–Crippen LogP) is -0.860. The first-order valence-corrected chi connectivity index (χ1v) is 5.27. The van der Waals surface area contributed by atoms with Gasteiger partial charge < -0.3 is 24.8 Å². The SMILES string of the molecule is CC[C@@H]1C(CO)O[C@H](COC)[C@@H](O)C1O. The van der Waals surface area contributed by atoms with E-state index in [1.807, 2.05) is 6.92 Å². The van der Waals surface area contributed by atoms with E-state index in [-0.39, 0.29) is 19.1 Å². The molecule has 1 heterocycles. The van der Waals surface area contributed by atoms with Crippen LogP contribution in [0.3, 0.4) is 0 Å². The molecule has 0 bridgehead atoms. The summed E-state index contributed by atoms with van der Waals surface area (Å²) in [7, 11) is 1.50. The molecule has 15 heavy (non-hydrogen) atoms. The highest BCUT2D eigenvalue weighted by Gasteiger charge is 2.42. The molecule has 0 spiro atoms. The van der Waals surface area contributed by atoms with E-state index in [2.05, 4.69) is 0 Å². The molecule has 1 fully saturated rings. The minimum Gasteiger partial charge on any atom is -0.394 e. The summed E-state index contributed by atoms with van der Waals surface area (Å²) in [5.74, 6) is -0.224. The lowest BCUT2D eigenvalue weighted by Gasteiger charge is -2.42. The molecular weight excluding hydrogens is 200 g/mol. The fourth-order valence-electron chi connectivity index (χ4n) is 2.08. The number of rotatable bonds is 4. The van der Waals surface area contributed by atoms with E-state index >= 15 is 0 Å². The van der Waals surface area contributed by atoms with Gasteiger partial charge in [0.25, 0.3) is 0 Å². The zero-order valence-electron chi connectivity index (χ0n) is 9.17. The average molecular weight is 220 g/mol. The largest absolute Gasteiger partial charge is 0.394 e. The molecule has 1 rings (SSSR count). The second-order valence-electron chi connectivity index (χ2n) is 3.90. The maximum Gasteiger partial charge on any atom is 0.110 e. The van der Waals surface area contributed by atoms with E-state index in [9.17, 15) is 10.2 Å². The fourth-order valence-corrected chi connectivity index (χ4v) is 2.08. The number of hydrogen-bond donors (Lipinski definition) is 3. The molecule has 0 amide bonds. The Balaban J connectivity index is 2.68. The maximum absolute atomic E-state index is 9.84. The molecule has 0 aromatic carbocycles. The van der Waals surface area contributed by atoms with Gasteiger partial charge in [0, 0.05) is 13.0 Å². The van der Waals surface area contributed by atoms with Gasteiger partial charge in [0.05, 0.1) is 25.4 Å². The van der Waals surface area contributed by atoms with Crippen LogP contribution < -0.4 is 0 Å². The number of methoxy groups -OCH3 is 1. The van der Waals surface area contributed by atoms with Crippen molar-refractivity contribution in [3.05, 3.63) is 0 Å². The summed E-state index contributed by atoms with van der Waals surface area (Å²) < 4.78 is 10.4. The third kappa shape index (κ3) is 2.68. The van der Waals surface area contributed by atoms with E-state index in [4.69, 9.17) is 14.6 Å². The highest BCUT2D eigenvalue weighted by molar-refractivity contribution is 4.91. The molecule has 90 valence electrons. The van der Waals surface area contributed by atoms with Gasteiger partial charge in [-0.1, -0.05) is 6.92 Å². The van der Waals surface area contributed by atoms with Gasteiger partial charge in [0.1, 0.15) is 12.2 Å². The van der Waals surface area contributed by atoms with E-state index in [1.54, 1.807) is 0 Å². The first kappa shape index (κ1) is 12.9. The second kappa shape index (κ2) is 5.77. The molecule has 3 N–H and O–H groups in total. The Morgan fingerprint density at radius 1 is 1.20 bits per heavy atom. The van der Waals surface area contributed by atoms with Crippen molar-refractivity contribution in [3.8, 4) is 0 Å². The van der Waals surface area contributed by atoms with Crippen molar-refractivity contribution in [1.29, 1.82) is 0 Å². The summed E-state index contributed by atoms with van der Waals surface area (Å²) in [4.78, 5) is 0. The Morgan fingerprint density at radius 3 is 2.33 bits per heavy atom. The Hall–Kier alpha value is -0.200. The molecule has 5 atom stereocenters. The van der Waals surface area contributed by atoms with Crippen LogP contribution in [0.1, 0.15) is 13.3 Å². The summed E-state index contributed by atoms with van der Waals surface area (Å²) in [5.41, 5.74) is 0. The van der Waals surface area contributed by atoms with Crippen molar-refractivity contribution in [2.75, 3.05) is 20.3 Å². The highest BCUT2D eigenvalue weighted by Crippen LogP contribution is 2.28. The van der Waals surface area contributed by atoms with Gasteiger partial charge in [-0.2, -0.15) is 0 Å². The van der Waals surface area contributed by atoms with Crippen LogP contribution in [0.15, 0.2) is 0 Å². The number of aliphatic hydroxyl groups excluding tert-OH is 3. The lowest BCUT2D eigenvalue weighted by Crippen LogP contribution is -2.56. The Bertz CT molecular complexity index is 183. The van der Waals surface area contributed by atoms with Crippen molar-refractivity contribution in [2.45, 2.75) is 37.8 Å². The fraction of sp³-hybridized carbons (Fsp3) is 1.00. The molecule has 0 saturated carbocycles. The minimum absolute atomic E-state index is 0.150. The topological polar surface area (TPSA) is 79.2 Å². The van der Waals surface area contributed by atoms with Crippen LogP contribution in [0, 0.1) is 5.92 Å². The van der Waals surface area contributed by atoms with E-state index in [0.717, 1.165) is 0 Å². The van der Waals surface area contributed by atoms with Crippen LogP contribution in [0.25, 0.3) is 0 Å². The van der Waals surface area contributed by atoms with Crippen molar-refractivity contribution in [2.24, 2.45) is 5.92 Å². The minimum atomic E-state index is -0.947. The Kier molecular flexibility index (Phi) is 4.95. The Labute approximate surface area is 89.6 Å². The standard InChI is InChI=1S/C10H20O5/c1-3-6-7(4-11)15-8(5-14-2)10(13)9(6)12/h6-13H,3-5H2,1-2H3/t6-,7?,8-,9?,10-/m1/s1. The second-order valence-corrected chi connectivity index (χ2v) is 3.90.